The third kappa shape index (κ3) is 3.43. The highest BCUT2D eigenvalue weighted by atomic mass is 16.1. The van der Waals surface area contributed by atoms with E-state index in [0.29, 0.717) is 23.5 Å². The number of nitrogens with zero attached hydrogens (tertiary/aromatic N) is 5. The van der Waals surface area contributed by atoms with Gasteiger partial charge in [0.1, 0.15) is 5.82 Å². The number of nitrogens with one attached hydrogen (secondary N) is 1. The van der Waals surface area contributed by atoms with E-state index in [1.54, 1.807) is 17.1 Å². The summed E-state index contributed by atoms with van der Waals surface area (Å²) in [5, 5.41) is 7.36. The van der Waals surface area contributed by atoms with Gasteiger partial charge < -0.3 is 9.88 Å². The molecule has 0 bridgehead atoms. The fourth-order valence-electron chi connectivity index (χ4n) is 3.88. The van der Waals surface area contributed by atoms with Crippen molar-refractivity contribution in [3.05, 3.63) is 90.4 Å². The summed E-state index contributed by atoms with van der Waals surface area (Å²) in [5.41, 5.74) is 5.09. The molecular formula is C25H22N6O. The molecule has 0 saturated carbocycles. The smallest absolute Gasteiger partial charge is 0.259 e. The molecule has 7 nitrogen and oxygen atoms in total. The Kier molecular flexibility index (Phi) is 4.99. The molecule has 3 heterocycles. The number of aryl methyl sites for hydroxylation is 1. The summed E-state index contributed by atoms with van der Waals surface area (Å²) in [6, 6.07) is 21.4. The number of rotatable bonds is 5. The number of fused-ring (bicyclic) bond motifs is 1. The van der Waals surface area contributed by atoms with Gasteiger partial charge in [-0.1, -0.05) is 25.1 Å². The molecule has 2 aromatic carbocycles. The van der Waals surface area contributed by atoms with Crippen molar-refractivity contribution in [1.29, 1.82) is 0 Å². The minimum Gasteiger partial charge on any atom is -0.327 e. The summed E-state index contributed by atoms with van der Waals surface area (Å²) in [7, 11) is 2.01. The Labute approximate surface area is 185 Å². The topological polar surface area (TPSA) is 77.6 Å². The predicted molar refractivity (Wildman–Crippen MR) is 125 cm³/mol. The zero-order valence-electron chi connectivity index (χ0n) is 17.9. The summed E-state index contributed by atoms with van der Waals surface area (Å²) >= 11 is 0. The third-order valence-corrected chi connectivity index (χ3v) is 5.50. The van der Waals surface area contributed by atoms with Crippen LogP contribution in [0.4, 0.5) is 5.69 Å². The molecule has 0 atom stereocenters. The van der Waals surface area contributed by atoms with E-state index in [4.69, 9.17) is 4.98 Å². The largest absolute Gasteiger partial charge is 0.327 e. The van der Waals surface area contributed by atoms with Crippen LogP contribution in [0.2, 0.25) is 0 Å². The maximum atomic E-state index is 13.0. The van der Waals surface area contributed by atoms with Gasteiger partial charge in [-0.05, 0) is 55.0 Å². The van der Waals surface area contributed by atoms with Crippen LogP contribution in [-0.4, -0.2) is 30.2 Å². The van der Waals surface area contributed by atoms with Crippen LogP contribution in [0.5, 0.6) is 0 Å². The number of pyridine rings is 1. The Balaban J connectivity index is 1.39. The van der Waals surface area contributed by atoms with Gasteiger partial charge in [-0.25, -0.2) is 14.6 Å². The van der Waals surface area contributed by atoms with Crippen LogP contribution in [-0.2, 0) is 13.5 Å². The Morgan fingerprint density at radius 2 is 1.78 bits per heavy atom. The lowest BCUT2D eigenvalue weighted by atomic mass is 10.1. The van der Waals surface area contributed by atoms with Crippen molar-refractivity contribution in [2.45, 2.75) is 13.3 Å². The van der Waals surface area contributed by atoms with Crippen molar-refractivity contribution in [2.24, 2.45) is 7.05 Å². The molecule has 0 radical (unpaired) electrons. The highest BCUT2D eigenvalue weighted by Gasteiger charge is 2.18. The number of carbonyl (C=O) groups is 1. The Morgan fingerprint density at radius 3 is 2.50 bits per heavy atom. The molecule has 7 heteroatoms. The van der Waals surface area contributed by atoms with Gasteiger partial charge in [-0.15, -0.1) is 0 Å². The van der Waals surface area contributed by atoms with Crippen molar-refractivity contribution in [1.82, 2.24) is 24.3 Å². The maximum absolute atomic E-state index is 13.0. The normalized spacial score (nSPS) is 11.1. The summed E-state index contributed by atoms with van der Waals surface area (Å²) in [5.74, 6) is 1.38. The lowest BCUT2D eigenvalue weighted by molar-refractivity contribution is 0.102. The number of para-hydroxylation sites is 2. The highest BCUT2D eigenvalue weighted by molar-refractivity contribution is 6.05. The first kappa shape index (κ1) is 19.7. The molecule has 0 aliphatic carbocycles. The number of benzene rings is 2. The molecule has 1 amide bonds. The number of imidazole rings is 1. The summed E-state index contributed by atoms with van der Waals surface area (Å²) < 4.78 is 3.78. The van der Waals surface area contributed by atoms with Gasteiger partial charge in [0.2, 0.25) is 0 Å². The van der Waals surface area contributed by atoms with Crippen LogP contribution in [0, 0.1) is 0 Å². The predicted octanol–water partition coefficient (Wildman–Crippen LogP) is 4.64. The van der Waals surface area contributed by atoms with Crippen LogP contribution < -0.4 is 5.32 Å². The van der Waals surface area contributed by atoms with Crippen LogP contribution in [0.25, 0.3) is 28.2 Å². The molecule has 1 N–H and O–H groups in total. The molecule has 158 valence electrons. The van der Waals surface area contributed by atoms with E-state index >= 15 is 0 Å². The van der Waals surface area contributed by atoms with E-state index in [1.165, 1.54) is 0 Å². The van der Waals surface area contributed by atoms with Crippen LogP contribution in [0.3, 0.4) is 0 Å². The monoisotopic (exact) mass is 422 g/mol. The lowest BCUT2D eigenvalue weighted by Crippen LogP contribution is -2.14. The molecule has 32 heavy (non-hydrogen) atoms. The van der Waals surface area contributed by atoms with Crippen molar-refractivity contribution >= 4 is 22.6 Å². The minimum absolute atomic E-state index is 0.195. The molecule has 3 aromatic heterocycles. The average molecular weight is 422 g/mol. The Morgan fingerprint density at radius 1 is 1.00 bits per heavy atom. The van der Waals surface area contributed by atoms with Crippen LogP contribution in [0.15, 0.2) is 79.1 Å². The fourth-order valence-corrected chi connectivity index (χ4v) is 3.88. The SMILES string of the molecule is CCc1c(C(=O)Nc2ccc(-c3nc4ccccc4n3C)cc2)cnn1-c1ccccn1. The van der Waals surface area contributed by atoms with E-state index in [2.05, 4.69) is 26.0 Å². The first-order valence-corrected chi connectivity index (χ1v) is 10.5. The van der Waals surface area contributed by atoms with Gasteiger partial charge in [0.25, 0.3) is 5.91 Å². The second kappa shape index (κ2) is 8.11. The van der Waals surface area contributed by atoms with Crippen LogP contribution in [0.1, 0.15) is 23.0 Å². The van der Waals surface area contributed by atoms with Crippen molar-refractivity contribution in [3.63, 3.8) is 0 Å². The molecule has 0 aliphatic rings. The summed E-state index contributed by atoms with van der Waals surface area (Å²) in [6.07, 6.45) is 3.96. The van der Waals surface area contributed by atoms with E-state index in [1.807, 2.05) is 74.6 Å². The second-order valence-corrected chi connectivity index (χ2v) is 7.47. The number of carbonyl (C=O) groups excluding carboxylic acids is 1. The van der Waals surface area contributed by atoms with Gasteiger partial charge >= 0.3 is 0 Å². The summed E-state index contributed by atoms with van der Waals surface area (Å²) in [4.78, 5) is 22.0. The number of anilines is 1. The van der Waals surface area contributed by atoms with E-state index in [9.17, 15) is 4.79 Å². The van der Waals surface area contributed by atoms with Crippen molar-refractivity contribution in [2.75, 3.05) is 5.32 Å². The second-order valence-electron chi connectivity index (χ2n) is 7.47. The minimum atomic E-state index is -0.195. The Hall–Kier alpha value is -4.26. The quantitative estimate of drug-likeness (QED) is 0.448. The fraction of sp³-hybridized carbons (Fsp3) is 0.120. The number of hydrogen-bond acceptors (Lipinski definition) is 4. The zero-order valence-corrected chi connectivity index (χ0v) is 17.9. The molecule has 0 fully saturated rings. The van der Waals surface area contributed by atoms with Crippen LogP contribution >= 0.6 is 0 Å². The van der Waals surface area contributed by atoms with E-state index in [0.717, 1.165) is 28.1 Å². The molecule has 0 saturated heterocycles. The molecule has 0 unspecified atom stereocenters. The molecule has 5 aromatic rings. The summed E-state index contributed by atoms with van der Waals surface area (Å²) in [6.45, 7) is 2.00. The van der Waals surface area contributed by atoms with Gasteiger partial charge in [-0.3, -0.25) is 4.79 Å². The zero-order chi connectivity index (χ0) is 22.1. The first-order valence-electron chi connectivity index (χ1n) is 10.5. The van der Waals surface area contributed by atoms with E-state index in [-0.39, 0.29) is 5.91 Å². The molecule has 5 rings (SSSR count). The van der Waals surface area contributed by atoms with E-state index < -0.39 is 0 Å². The van der Waals surface area contributed by atoms with Gasteiger partial charge in [0, 0.05) is 24.5 Å². The molecule has 0 spiro atoms. The molecule has 0 aliphatic heterocycles. The average Bonchev–Trinajstić information content (AvgIpc) is 3.42. The number of hydrogen-bond donors (Lipinski definition) is 1. The van der Waals surface area contributed by atoms with Crippen molar-refractivity contribution < 1.29 is 4.79 Å². The van der Waals surface area contributed by atoms with Gasteiger partial charge in [0.05, 0.1) is 28.5 Å². The van der Waals surface area contributed by atoms with Gasteiger partial charge in [-0.2, -0.15) is 5.10 Å². The van der Waals surface area contributed by atoms with Gasteiger partial charge in [0.15, 0.2) is 5.82 Å². The maximum Gasteiger partial charge on any atom is 0.259 e. The highest BCUT2D eigenvalue weighted by Crippen LogP contribution is 2.25. The van der Waals surface area contributed by atoms with Crippen molar-refractivity contribution in [3.8, 4) is 17.2 Å². The third-order valence-electron chi connectivity index (χ3n) is 5.50. The number of aromatic nitrogens is 5. The standard InChI is InChI=1S/C25H22N6O/c1-3-21-19(16-27-31(21)23-10-6-7-15-26-23)25(32)28-18-13-11-17(12-14-18)24-29-20-8-4-5-9-22(20)30(24)2/h4-16H,3H2,1-2H3,(H,28,32). The first-order chi connectivity index (χ1) is 15.7. The molecular weight excluding hydrogens is 400 g/mol. The lowest BCUT2D eigenvalue weighted by Gasteiger charge is -2.09. The number of amides is 1. The Bertz CT molecular complexity index is 1400.